The van der Waals surface area contributed by atoms with Crippen molar-refractivity contribution in [2.75, 3.05) is 6.54 Å². The third-order valence-corrected chi connectivity index (χ3v) is 5.49. The van der Waals surface area contributed by atoms with Gasteiger partial charge in [0.2, 0.25) is 0 Å². The van der Waals surface area contributed by atoms with Crippen LogP contribution in [-0.2, 0) is 0 Å². The highest BCUT2D eigenvalue weighted by molar-refractivity contribution is 5.95. The number of benzene rings is 1. The molecule has 0 spiro atoms. The highest BCUT2D eigenvalue weighted by atomic mass is 16.1. The molecule has 0 fully saturated rings. The predicted molar refractivity (Wildman–Crippen MR) is 126 cm³/mol. The molecule has 7 nitrogen and oxygen atoms in total. The molecule has 3 aromatic heterocycles. The molecule has 4 aromatic rings. The number of nitrogens with zero attached hydrogens (tertiary/aromatic N) is 4. The van der Waals surface area contributed by atoms with Gasteiger partial charge >= 0.3 is 0 Å². The second-order valence-electron chi connectivity index (χ2n) is 8.02. The van der Waals surface area contributed by atoms with E-state index in [4.69, 9.17) is 4.98 Å². The first kappa shape index (κ1) is 21.6. The number of pyridine rings is 1. The van der Waals surface area contributed by atoms with Crippen LogP contribution in [0.1, 0.15) is 37.6 Å². The number of rotatable bonds is 8. The van der Waals surface area contributed by atoms with E-state index in [2.05, 4.69) is 41.5 Å². The van der Waals surface area contributed by atoms with Crippen molar-refractivity contribution in [1.82, 2.24) is 30.2 Å². The minimum Gasteiger partial charge on any atom is -0.350 e. The van der Waals surface area contributed by atoms with E-state index < -0.39 is 0 Å². The van der Waals surface area contributed by atoms with E-state index >= 15 is 0 Å². The second-order valence-corrected chi connectivity index (χ2v) is 8.02. The number of hydrogen-bond donors (Lipinski definition) is 2. The minimum atomic E-state index is -0.124. The summed E-state index contributed by atoms with van der Waals surface area (Å²) in [6.07, 6.45) is 6.32. The van der Waals surface area contributed by atoms with Crippen LogP contribution in [0.3, 0.4) is 0 Å². The number of hydrogen-bond acceptors (Lipinski definition) is 5. The molecule has 0 radical (unpaired) electrons. The average Bonchev–Trinajstić information content (AvgIpc) is 3.26. The van der Waals surface area contributed by atoms with E-state index in [-0.39, 0.29) is 11.9 Å². The fraction of sp³-hybridized carbons (Fsp3) is 0.280. The Morgan fingerprint density at radius 2 is 1.88 bits per heavy atom. The predicted octanol–water partition coefficient (Wildman–Crippen LogP) is 3.96. The largest absolute Gasteiger partial charge is 0.350 e. The minimum absolute atomic E-state index is 0.124. The molecule has 7 heteroatoms. The number of carbonyl (C=O) groups excluding carboxylic acids is 1. The lowest BCUT2D eigenvalue weighted by Gasteiger charge is -2.19. The highest BCUT2D eigenvalue weighted by Gasteiger charge is 2.14. The summed E-state index contributed by atoms with van der Waals surface area (Å²) in [4.78, 5) is 22.0. The summed E-state index contributed by atoms with van der Waals surface area (Å²) >= 11 is 0. The van der Waals surface area contributed by atoms with Crippen LogP contribution in [-0.4, -0.2) is 44.1 Å². The molecule has 0 saturated heterocycles. The summed E-state index contributed by atoms with van der Waals surface area (Å²) in [5, 5.41) is 10.9. The van der Waals surface area contributed by atoms with Gasteiger partial charge < -0.3 is 10.6 Å². The van der Waals surface area contributed by atoms with Gasteiger partial charge in [-0.25, -0.2) is 9.50 Å². The van der Waals surface area contributed by atoms with E-state index in [9.17, 15) is 4.79 Å². The van der Waals surface area contributed by atoms with E-state index in [0.717, 1.165) is 23.2 Å². The van der Waals surface area contributed by atoms with Crippen LogP contribution in [0.5, 0.6) is 0 Å². The number of carbonyl (C=O) groups is 1. The van der Waals surface area contributed by atoms with Crippen LogP contribution >= 0.6 is 0 Å². The summed E-state index contributed by atoms with van der Waals surface area (Å²) in [6, 6.07) is 16.1. The van der Waals surface area contributed by atoms with Gasteiger partial charge in [-0.15, -0.1) is 0 Å². The van der Waals surface area contributed by atoms with Gasteiger partial charge in [0.05, 0.1) is 23.1 Å². The number of fused-ring (bicyclic) bond motifs is 1. The first-order chi connectivity index (χ1) is 15.5. The Morgan fingerprint density at radius 1 is 1.06 bits per heavy atom. The Kier molecular flexibility index (Phi) is 6.56. The smallest absolute Gasteiger partial charge is 0.251 e. The fourth-order valence-electron chi connectivity index (χ4n) is 3.55. The Hall–Kier alpha value is -3.58. The lowest BCUT2D eigenvalue weighted by molar-refractivity contribution is 0.0949. The van der Waals surface area contributed by atoms with Gasteiger partial charge in [0.15, 0.2) is 5.65 Å². The fourth-order valence-corrected chi connectivity index (χ4v) is 3.55. The first-order valence-corrected chi connectivity index (χ1v) is 11.0. The summed E-state index contributed by atoms with van der Waals surface area (Å²) < 4.78 is 1.72. The summed E-state index contributed by atoms with van der Waals surface area (Å²) in [5.41, 5.74) is 4.59. The molecular weight excluding hydrogens is 400 g/mol. The Morgan fingerprint density at radius 3 is 2.66 bits per heavy atom. The van der Waals surface area contributed by atoms with E-state index in [1.54, 1.807) is 29.0 Å². The van der Waals surface area contributed by atoms with E-state index in [0.29, 0.717) is 29.5 Å². The molecule has 3 heterocycles. The number of amides is 1. The van der Waals surface area contributed by atoms with Gasteiger partial charge in [-0.3, -0.25) is 9.78 Å². The second kappa shape index (κ2) is 9.70. The maximum Gasteiger partial charge on any atom is 0.251 e. The van der Waals surface area contributed by atoms with E-state index in [1.165, 1.54) is 0 Å². The highest BCUT2D eigenvalue weighted by Crippen LogP contribution is 2.25. The van der Waals surface area contributed by atoms with Gasteiger partial charge in [0, 0.05) is 42.1 Å². The molecule has 0 aliphatic rings. The van der Waals surface area contributed by atoms with Gasteiger partial charge in [-0.05, 0) is 38.5 Å². The molecule has 1 amide bonds. The van der Waals surface area contributed by atoms with E-state index in [1.807, 2.05) is 42.6 Å². The third-order valence-electron chi connectivity index (χ3n) is 5.49. The normalized spacial score (nSPS) is 13.1. The molecule has 2 atom stereocenters. The van der Waals surface area contributed by atoms with Gasteiger partial charge in [-0.2, -0.15) is 5.10 Å². The maximum atomic E-state index is 12.7. The molecule has 2 N–H and O–H groups in total. The lowest BCUT2D eigenvalue weighted by atomic mass is 10.1. The molecular formula is C25H28N6O. The molecule has 0 aliphatic heterocycles. The first-order valence-electron chi connectivity index (χ1n) is 11.0. The number of nitrogens with one attached hydrogen (secondary N) is 2. The summed E-state index contributed by atoms with van der Waals surface area (Å²) in [5.74, 6) is -0.124. The zero-order chi connectivity index (χ0) is 22.5. The van der Waals surface area contributed by atoms with Crippen LogP contribution in [0.4, 0.5) is 0 Å². The topological polar surface area (TPSA) is 84.2 Å². The molecule has 1 aromatic carbocycles. The average molecular weight is 429 g/mol. The van der Waals surface area contributed by atoms with Crippen molar-refractivity contribution in [2.24, 2.45) is 0 Å². The zero-order valence-corrected chi connectivity index (χ0v) is 18.6. The summed E-state index contributed by atoms with van der Waals surface area (Å²) in [6.45, 7) is 6.90. The van der Waals surface area contributed by atoms with Crippen LogP contribution in [0.25, 0.3) is 28.2 Å². The molecule has 0 saturated carbocycles. The Balaban J connectivity index is 1.56. The SMILES string of the molecule is CCC(C)NC(C)CNC(=O)c1ccnc(-c2cnn3ccc(-c4ccccc4)nc23)c1. The molecule has 4 rings (SSSR count). The molecule has 0 aliphatic carbocycles. The Bertz CT molecular complexity index is 1200. The molecule has 0 bridgehead atoms. The van der Waals surface area contributed by atoms with Crippen molar-refractivity contribution < 1.29 is 4.79 Å². The van der Waals surface area contributed by atoms with Crippen molar-refractivity contribution in [3.63, 3.8) is 0 Å². The van der Waals surface area contributed by atoms with Gasteiger partial charge in [0.25, 0.3) is 5.91 Å². The van der Waals surface area contributed by atoms with Crippen LogP contribution in [0, 0.1) is 0 Å². The quantitative estimate of drug-likeness (QED) is 0.444. The van der Waals surface area contributed by atoms with Crippen molar-refractivity contribution in [2.45, 2.75) is 39.3 Å². The standard InChI is InChI=1S/C25H28N6O/c1-4-17(2)29-18(3)15-27-25(32)20-10-12-26-23(14-20)21-16-28-31-13-11-22(30-24(21)31)19-8-6-5-7-9-19/h5-14,16-18,29H,4,15H2,1-3H3,(H,27,32). The monoisotopic (exact) mass is 428 g/mol. The molecule has 2 unspecified atom stereocenters. The van der Waals surface area contributed by atoms with Crippen LogP contribution < -0.4 is 10.6 Å². The van der Waals surface area contributed by atoms with Crippen LogP contribution in [0.15, 0.2) is 67.1 Å². The van der Waals surface area contributed by atoms with Gasteiger partial charge in [-0.1, -0.05) is 37.3 Å². The third kappa shape index (κ3) is 4.84. The molecule has 32 heavy (non-hydrogen) atoms. The van der Waals surface area contributed by atoms with Crippen LogP contribution in [0.2, 0.25) is 0 Å². The van der Waals surface area contributed by atoms with Crippen molar-refractivity contribution in [1.29, 1.82) is 0 Å². The zero-order valence-electron chi connectivity index (χ0n) is 18.6. The van der Waals surface area contributed by atoms with Gasteiger partial charge in [0.1, 0.15) is 0 Å². The maximum absolute atomic E-state index is 12.7. The molecule has 164 valence electrons. The lowest BCUT2D eigenvalue weighted by Crippen LogP contribution is -2.42. The summed E-state index contributed by atoms with van der Waals surface area (Å²) in [7, 11) is 0. The van der Waals surface area contributed by atoms with Crippen molar-refractivity contribution in [3.8, 4) is 22.5 Å². The Labute approximate surface area is 187 Å². The van der Waals surface area contributed by atoms with Crippen molar-refractivity contribution in [3.05, 3.63) is 72.7 Å². The number of aromatic nitrogens is 4. The van der Waals surface area contributed by atoms with Crippen molar-refractivity contribution >= 4 is 11.6 Å².